The van der Waals surface area contributed by atoms with Crippen molar-refractivity contribution in [2.75, 3.05) is 6.54 Å². The number of imide groups is 1. The van der Waals surface area contributed by atoms with Crippen LogP contribution in [-0.4, -0.2) is 41.0 Å². The number of hydrogen-bond acceptors (Lipinski definition) is 4. The molecule has 1 heterocycles. The van der Waals surface area contributed by atoms with Gasteiger partial charge in [0.05, 0.1) is 0 Å². The average Bonchev–Trinajstić information content (AvgIpc) is 3.34. The van der Waals surface area contributed by atoms with E-state index >= 15 is 0 Å². The minimum atomic E-state index is -0.839. The molecule has 2 saturated carbocycles. The Balaban J connectivity index is 1.59. The molecule has 3 fully saturated rings. The second kappa shape index (κ2) is 6.13. The van der Waals surface area contributed by atoms with Gasteiger partial charge in [-0.2, -0.15) is 0 Å². The first-order valence-corrected chi connectivity index (χ1v) is 8.79. The normalized spacial score (nSPS) is 34.4. The molecule has 23 heavy (non-hydrogen) atoms. The fraction of sp³-hybridized carbons (Fsp3) is 0.824. The van der Waals surface area contributed by atoms with Crippen molar-refractivity contribution in [3.8, 4) is 0 Å². The summed E-state index contributed by atoms with van der Waals surface area (Å²) in [4.78, 5) is 37.8. The Kier molecular flexibility index (Phi) is 4.34. The molecule has 1 saturated heterocycles. The van der Waals surface area contributed by atoms with Crippen molar-refractivity contribution >= 4 is 17.9 Å². The predicted octanol–water partition coefficient (Wildman–Crippen LogP) is 2.22. The second-order valence-electron chi connectivity index (χ2n) is 7.28. The second-order valence-corrected chi connectivity index (χ2v) is 7.28. The first-order valence-electron chi connectivity index (χ1n) is 8.79. The lowest BCUT2D eigenvalue weighted by molar-refractivity contribution is -0.156. The fourth-order valence-electron chi connectivity index (χ4n) is 3.93. The standard InChI is InChI=1S/C17H26N2O4/c1-3-11-6-4-5-7-13(11)23-14(20)10-19-15(21)17(2,12-8-9-12)18-16(19)22/h11-13H,3-10H2,1-2H3,(H,18,22). The lowest BCUT2D eigenvalue weighted by Crippen LogP contribution is -2.46. The van der Waals surface area contributed by atoms with Gasteiger partial charge in [-0.1, -0.05) is 13.3 Å². The van der Waals surface area contributed by atoms with E-state index in [0.29, 0.717) is 5.92 Å². The van der Waals surface area contributed by atoms with Gasteiger partial charge in [0.2, 0.25) is 0 Å². The van der Waals surface area contributed by atoms with Crippen molar-refractivity contribution in [3.63, 3.8) is 0 Å². The average molecular weight is 322 g/mol. The van der Waals surface area contributed by atoms with E-state index in [4.69, 9.17) is 4.74 Å². The SMILES string of the molecule is CCC1CCCCC1OC(=O)CN1C(=O)NC(C)(C2CC2)C1=O. The Hall–Kier alpha value is -1.59. The van der Waals surface area contributed by atoms with Crippen LogP contribution in [0.3, 0.4) is 0 Å². The van der Waals surface area contributed by atoms with Crippen molar-refractivity contribution < 1.29 is 19.1 Å². The first-order chi connectivity index (χ1) is 11.0. The van der Waals surface area contributed by atoms with Gasteiger partial charge in [-0.05, 0) is 57.3 Å². The van der Waals surface area contributed by atoms with E-state index in [1.165, 1.54) is 6.42 Å². The topological polar surface area (TPSA) is 75.7 Å². The maximum Gasteiger partial charge on any atom is 0.326 e. The predicted molar refractivity (Wildman–Crippen MR) is 83.5 cm³/mol. The third-order valence-electron chi connectivity index (χ3n) is 5.63. The number of rotatable bonds is 5. The molecule has 3 aliphatic rings. The zero-order valence-corrected chi connectivity index (χ0v) is 14.0. The molecule has 0 spiro atoms. The van der Waals surface area contributed by atoms with Gasteiger partial charge in [-0.25, -0.2) is 4.79 Å². The van der Waals surface area contributed by atoms with Crippen LogP contribution in [0, 0.1) is 11.8 Å². The third kappa shape index (κ3) is 3.08. The van der Waals surface area contributed by atoms with E-state index in [9.17, 15) is 14.4 Å². The van der Waals surface area contributed by atoms with Crippen LogP contribution in [0.4, 0.5) is 4.79 Å². The molecular weight excluding hydrogens is 296 g/mol. The van der Waals surface area contributed by atoms with Crippen molar-refractivity contribution in [3.05, 3.63) is 0 Å². The molecule has 1 aliphatic heterocycles. The quantitative estimate of drug-likeness (QED) is 0.622. The minimum Gasteiger partial charge on any atom is -0.461 e. The van der Waals surface area contributed by atoms with Crippen LogP contribution in [0.25, 0.3) is 0 Å². The van der Waals surface area contributed by atoms with E-state index in [0.717, 1.165) is 43.4 Å². The number of urea groups is 1. The summed E-state index contributed by atoms with van der Waals surface area (Å²) in [7, 11) is 0. The first kappa shape index (κ1) is 16.3. The zero-order chi connectivity index (χ0) is 16.6. The van der Waals surface area contributed by atoms with Crippen molar-refractivity contribution in [2.24, 2.45) is 11.8 Å². The Morgan fingerprint density at radius 3 is 2.61 bits per heavy atom. The summed E-state index contributed by atoms with van der Waals surface area (Å²) in [5.74, 6) is -0.174. The van der Waals surface area contributed by atoms with Gasteiger partial charge < -0.3 is 10.1 Å². The summed E-state index contributed by atoms with van der Waals surface area (Å²) in [5, 5.41) is 2.75. The number of carbonyl (C=O) groups excluding carboxylic acids is 3. The Labute approximate surface area is 136 Å². The number of ether oxygens (including phenoxy) is 1. The highest BCUT2D eigenvalue weighted by molar-refractivity contribution is 6.08. The number of amides is 3. The fourth-order valence-corrected chi connectivity index (χ4v) is 3.93. The Morgan fingerprint density at radius 1 is 1.26 bits per heavy atom. The van der Waals surface area contributed by atoms with Crippen molar-refractivity contribution in [2.45, 2.75) is 70.4 Å². The Morgan fingerprint density at radius 2 is 1.96 bits per heavy atom. The lowest BCUT2D eigenvalue weighted by atomic mass is 9.85. The smallest absolute Gasteiger partial charge is 0.326 e. The highest BCUT2D eigenvalue weighted by Gasteiger charge is 2.56. The number of carbonyl (C=O) groups is 3. The molecule has 0 aromatic carbocycles. The van der Waals surface area contributed by atoms with Gasteiger partial charge in [0.15, 0.2) is 0 Å². The van der Waals surface area contributed by atoms with Gasteiger partial charge >= 0.3 is 12.0 Å². The van der Waals surface area contributed by atoms with E-state index < -0.39 is 17.5 Å². The maximum atomic E-state index is 12.5. The zero-order valence-electron chi connectivity index (χ0n) is 14.0. The van der Waals surface area contributed by atoms with Gasteiger partial charge in [-0.15, -0.1) is 0 Å². The molecule has 3 rings (SSSR count). The molecule has 0 aromatic rings. The van der Waals surface area contributed by atoms with E-state index in [1.54, 1.807) is 6.92 Å². The lowest BCUT2D eigenvalue weighted by Gasteiger charge is -2.30. The molecule has 6 nitrogen and oxygen atoms in total. The summed E-state index contributed by atoms with van der Waals surface area (Å²) in [6.45, 7) is 3.58. The van der Waals surface area contributed by atoms with Crippen LogP contribution in [-0.2, 0) is 14.3 Å². The summed E-state index contributed by atoms with van der Waals surface area (Å²) in [5.41, 5.74) is -0.839. The number of nitrogens with one attached hydrogen (secondary N) is 1. The molecule has 3 amide bonds. The Bertz CT molecular complexity index is 517. The summed E-state index contributed by atoms with van der Waals surface area (Å²) < 4.78 is 5.58. The monoisotopic (exact) mass is 322 g/mol. The van der Waals surface area contributed by atoms with Crippen LogP contribution >= 0.6 is 0 Å². The van der Waals surface area contributed by atoms with Gasteiger partial charge in [0.25, 0.3) is 5.91 Å². The van der Waals surface area contributed by atoms with Crippen LogP contribution < -0.4 is 5.32 Å². The molecule has 0 bridgehead atoms. The molecule has 6 heteroatoms. The summed E-state index contributed by atoms with van der Waals surface area (Å²) >= 11 is 0. The van der Waals surface area contributed by atoms with Crippen LogP contribution in [0.2, 0.25) is 0 Å². The van der Waals surface area contributed by atoms with E-state index in [-0.39, 0.29) is 24.5 Å². The van der Waals surface area contributed by atoms with Crippen molar-refractivity contribution in [1.29, 1.82) is 0 Å². The largest absolute Gasteiger partial charge is 0.461 e. The summed E-state index contributed by atoms with van der Waals surface area (Å²) in [6, 6.07) is -0.475. The molecule has 0 aromatic heterocycles. The number of esters is 1. The maximum absolute atomic E-state index is 12.5. The highest BCUT2D eigenvalue weighted by Crippen LogP contribution is 2.42. The molecule has 128 valence electrons. The molecule has 3 unspecified atom stereocenters. The molecule has 3 atom stereocenters. The minimum absolute atomic E-state index is 0.0724. The van der Waals surface area contributed by atoms with Crippen LogP contribution in [0.1, 0.15) is 58.8 Å². The van der Waals surface area contributed by atoms with Crippen LogP contribution in [0.5, 0.6) is 0 Å². The third-order valence-corrected chi connectivity index (χ3v) is 5.63. The van der Waals surface area contributed by atoms with Crippen LogP contribution in [0.15, 0.2) is 0 Å². The van der Waals surface area contributed by atoms with Gasteiger partial charge in [-0.3, -0.25) is 14.5 Å². The summed E-state index contributed by atoms with van der Waals surface area (Å²) in [6.07, 6.45) is 7.01. The number of hydrogen-bond donors (Lipinski definition) is 1. The highest BCUT2D eigenvalue weighted by atomic mass is 16.5. The molecule has 1 N–H and O–H groups in total. The van der Waals surface area contributed by atoms with Crippen molar-refractivity contribution in [1.82, 2.24) is 10.2 Å². The number of nitrogens with zero attached hydrogens (tertiary/aromatic N) is 1. The van der Waals surface area contributed by atoms with E-state index in [1.807, 2.05) is 0 Å². The molecule has 2 aliphatic carbocycles. The van der Waals surface area contributed by atoms with Gasteiger partial charge in [0, 0.05) is 0 Å². The van der Waals surface area contributed by atoms with Gasteiger partial charge in [0.1, 0.15) is 18.2 Å². The molecular formula is C17H26N2O4. The van der Waals surface area contributed by atoms with E-state index in [2.05, 4.69) is 12.2 Å². The molecule has 0 radical (unpaired) electrons.